The Morgan fingerprint density at radius 3 is 2.93 bits per heavy atom. The average molecular weight is 208 g/mol. The third-order valence-corrected chi connectivity index (χ3v) is 3.01. The summed E-state index contributed by atoms with van der Waals surface area (Å²) in [5.41, 5.74) is 5.94. The molecule has 1 aliphatic rings. The van der Waals surface area contributed by atoms with Gasteiger partial charge >= 0.3 is 0 Å². The second kappa shape index (κ2) is 3.73. The largest absolute Gasteiger partial charge is 0.329 e. The van der Waals surface area contributed by atoms with Gasteiger partial charge in [0.25, 0.3) is 0 Å². The van der Waals surface area contributed by atoms with Crippen LogP contribution in [-0.4, -0.2) is 27.3 Å². The molecule has 1 saturated carbocycles. The van der Waals surface area contributed by atoms with E-state index >= 15 is 0 Å². The Labute approximate surface area is 88.6 Å². The van der Waals surface area contributed by atoms with Gasteiger partial charge < -0.3 is 5.73 Å². The van der Waals surface area contributed by atoms with Crippen molar-refractivity contribution >= 4 is 5.78 Å². The quantitative estimate of drug-likeness (QED) is 0.719. The van der Waals surface area contributed by atoms with Crippen molar-refractivity contribution in [2.45, 2.75) is 32.7 Å². The van der Waals surface area contributed by atoms with Crippen molar-refractivity contribution in [2.75, 3.05) is 6.54 Å². The molecule has 2 rings (SSSR count). The third kappa shape index (κ3) is 1.67. The fraction of sp³-hybridized carbons (Fsp3) is 0.700. The fourth-order valence-electron chi connectivity index (χ4n) is 1.76. The summed E-state index contributed by atoms with van der Waals surface area (Å²) in [6.45, 7) is 3.22. The van der Waals surface area contributed by atoms with Gasteiger partial charge in [0.2, 0.25) is 0 Å². The predicted octanol–water partition coefficient (Wildman–Crippen LogP) is 0.610. The zero-order valence-corrected chi connectivity index (χ0v) is 8.94. The topological polar surface area (TPSA) is 73.8 Å². The lowest BCUT2D eigenvalue weighted by molar-refractivity contribution is 0.0894. The minimum atomic E-state index is -0.298. The molecule has 0 amide bonds. The smallest absolute Gasteiger partial charge is 0.189 e. The van der Waals surface area contributed by atoms with E-state index < -0.39 is 0 Å². The zero-order valence-electron chi connectivity index (χ0n) is 8.94. The normalized spacial score (nSPS) is 17.7. The molecule has 1 aliphatic carbocycles. The molecular formula is C10H16N4O. The SMILES string of the molecule is CCCn1nncc1C(=O)C1(CN)CC1. The second-order valence-corrected chi connectivity index (χ2v) is 4.16. The van der Waals surface area contributed by atoms with Gasteiger partial charge in [0.05, 0.1) is 6.20 Å². The molecule has 82 valence electrons. The molecule has 1 heterocycles. The fourth-order valence-corrected chi connectivity index (χ4v) is 1.76. The van der Waals surface area contributed by atoms with Crippen LogP contribution in [0.2, 0.25) is 0 Å². The minimum absolute atomic E-state index is 0.114. The maximum absolute atomic E-state index is 12.1. The summed E-state index contributed by atoms with van der Waals surface area (Å²) in [4.78, 5) is 12.1. The van der Waals surface area contributed by atoms with Crippen LogP contribution in [0.25, 0.3) is 0 Å². The molecule has 0 bridgehead atoms. The maximum Gasteiger partial charge on any atom is 0.189 e. The highest BCUT2D eigenvalue weighted by molar-refractivity contribution is 6.00. The molecule has 0 saturated heterocycles. The highest BCUT2D eigenvalue weighted by Crippen LogP contribution is 2.46. The minimum Gasteiger partial charge on any atom is -0.329 e. The number of hydrogen-bond acceptors (Lipinski definition) is 4. The molecule has 0 aromatic carbocycles. The second-order valence-electron chi connectivity index (χ2n) is 4.16. The molecule has 1 aromatic rings. The number of hydrogen-bond donors (Lipinski definition) is 1. The van der Waals surface area contributed by atoms with E-state index in [0.717, 1.165) is 25.8 Å². The van der Waals surface area contributed by atoms with Crippen LogP contribution in [0.4, 0.5) is 0 Å². The van der Waals surface area contributed by atoms with Crippen molar-refractivity contribution in [3.05, 3.63) is 11.9 Å². The van der Waals surface area contributed by atoms with E-state index in [-0.39, 0.29) is 11.2 Å². The van der Waals surface area contributed by atoms with E-state index in [9.17, 15) is 4.79 Å². The van der Waals surface area contributed by atoms with E-state index in [1.807, 2.05) is 6.92 Å². The van der Waals surface area contributed by atoms with Crippen molar-refractivity contribution in [2.24, 2.45) is 11.1 Å². The van der Waals surface area contributed by atoms with Gasteiger partial charge in [0.15, 0.2) is 5.78 Å². The van der Waals surface area contributed by atoms with Gasteiger partial charge in [-0.15, -0.1) is 5.10 Å². The Balaban J connectivity index is 2.22. The Morgan fingerprint density at radius 2 is 2.40 bits per heavy atom. The van der Waals surface area contributed by atoms with Crippen LogP contribution in [0, 0.1) is 5.41 Å². The highest BCUT2D eigenvalue weighted by Gasteiger charge is 2.49. The van der Waals surface area contributed by atoms with Gasteiger partial charge in [-0.3, -0.25) is 4.79 Å². The molecule has 2 N–H and O–H groups in total. The van der Waals surface area contributed by atoms with Gasteiger partial charge in [-0.05, 0) is 19.3 Å². The number of carbonyl (C=O) groups is 1. The van der Waals surface area contributed by atoms with E-state index in [4.69, 9.17) is 5.73 Å². The summed E-state index contributed by atoms with van der Waals surface area (Å²) < 4.78 is 1.68. The number of nitrogens with zero attached hydrogens (tertiary/aromatic N) is 3. The standard InChI is InChI=1S/C10H16N4O/c1-2-5-14-8(6-12-13-14)9(15)10(7-11)3-4-10/h6H,2-5,7,11H2,1H3. The number of Topliss-reactive ketones (excluding diaryl/α,β-unsaturated/α-hetero) is 1. The molecule has 0 atom stereocenters. The number of carbonyl (C=O) groups excluding carboxylic acids is 1. The van der Waals surface area contributed by atoms with Crippen molar-refractivity contribution in [3.8, 4) is 0 Å². The summed E-state index contributed by atoms with van der Waals surface area (Å²) in [5.74, 6) is 0.114. The lowest BCUT2D eigenvalue weighted by atomic mass is 9.99. The van der Waals surface area contributed by atoms with Gasteiger partial charge in [0.1, 0.15) is 5.69 Å². The summed E-state index contributed by atoms with van der Waals surface area (Å²) in [6.07, 6.45) is 4.30. The zero-order chi connectivity index (χ0) is 10.9. The van der Waals surface area contributed by atoms with Crippen molar-refractivity contribution in [3.63, 3.8) is 0 Å². The summed E-state index contributed by atoms with van der Waals surface area (Å²) in [5, 5.41) is 7.70. The van der Waals surface area contributed by atoms with E-state index in [2.05, 4.69) is 10.3 Å². The third-order valence-electron chi connectivity index (χ3n) is 3.01. The van der Waals surface area contributed by atoms with E-state index in [1.54, 1.807) is 10.9 Å². The van der Waals surface area contributed by atoms with Crippen molar-refractivity contribution in [1.82, 2.24) is 15.0 Å². The van der Waals surface area contributed by atoms with Crippen LogP contribution in [-0.2, 0) is 6.54 Å². The molecule has 1 aromatic heterocycles. The number of ketones is 1. The molecular weight excluding hydrogens is 192 g/mol. The number of aromatic nitrogens is 3. The van der Waals surface area contributed by atoms with Crippen LogP contribution in [0.1, 0.15) is 36.7 Å². The van der Waals surface area contributed by atoms with Gasteiger partial charge in [0, 0.05) is 18.5 Å². The first kappa shape index (κ1) is 10.3. The first-order chi connectivity index (χ1) is 7.23. The van der Waals surface area contributed by atoms with Crippen LogP contribution >= 0.6 is 0 Å². The lowest BCUT2D eigenvalue weighted by Gasteiger charge is -2.11. The molecule has 0 radical (unpaired) electrons. The molecule has 5 heteroatoms. The van der Waals surface area contributed by atoms with Crippen LogP contribution < -0.4 is 5.73 Å². The van der Waals surface area contributed by atoms with Crippen molar-refractivity contribution in [1.29, 1.82) is 0 Å². The first-order valence-electron chi connectivity index (χ1n) is 5.37. The molecule has 1 fully saturated rings. The Hall–Kier alpha value is -1.23. The molecule has 5 nitrogen and oxygen atoms in total. The van der Waals surface area contributed by atoms with Crippen molar-refractivity contribution < 1.29 is 4.79 Å². The molecule has 0 unspecified atom stereocenters. The van der Waals surface area contributed by atoms with Crippen LogP contribution in [0.15, 0.2) is 6.20 Å². The van der Waals surface area contributed by atoms with E-state index in [1.165, 1.54) is 0 Å². The summed E-state index contributed by atoms with van der Waals surface area (Å²) >= 11 is 0. The van der Waals surface area contributed by atoms with E-state index in [0.29, 0.717) is 12.2 Å². The summed E-state index contributed by atoms with van der Waals surface area (Å²) in [7, 11) is 0. The van der Waals surface area contributed by atoms with Crippen LogP contribution in [0.3, 0.4) is 0 Å². The Bertz CT molecular complexity index is 367. The number of rotatable bonds is 5. The van der Waals surface area contributed by atoms with Gasteiger partial charge in [-0.1, -0.05) is 12.1 Å². The summed E-state index contributed by atoms with van der Waals surface area (Å²) in [6, 6.07) is 0. The Kier molecular flexibility index (Phi) is 2.56. The first-order valence-corrected chi connectivity index (χ1v) is 5.37. The van der Waals surface area contributed by atoms with Crippen LogP contribution in [0.5, 0.6) is 0 Å². The Morgan fingerprint density at radius 1 is 1.67 bits per heavy atom. The number of aryl methyl sites for hydroxylation is 1. The highest BCUT2D eigenvalue weighted by atomic mass is 16.1. The van der Waals surface area contributed by atoms with Gasteiger partial charge in [-0.25, -0.2) is 4.68 Å². The number of nitrogens with two attached hydrogens (primary N) is 1. The molecule has 0 spiro atoms. The van der Waals surface area contributed by atoms with Gasteiger partial charge in [-0.2, -0.15) is 0 Å². The lowest BCUT2D eigenvalue weighted by Crippen LogP contribution is -2.27. The predicted molar refractivity (Wildman–Crippen MR) is 55.4 cm³/mol. The molecule has 15 heavy (non-hydrogen) atoms. The maximum atomic E-state index is 12.1. The molecule has 0 aliphatic heterocycles. The monoisotopic (exact) mass is 208 g/mol. The average Bonchev–Trinajstić information content (AvgIpc) is 2.92.